The molecule has 0 fully saturated rings. The third-order valence-corrected chi connectivity index (χ3v) is 6.78. The van der Waals surface area contributed by atoms with E-state index in [2.05, 4.69) is 5.10 Å². The molecule has 1 unspecified atom stereocenters. The topological polar surface area (TPSA) is 67.6 Å². The van der Waals surface area contributed by atoms with Crippen molar-refractivity contribution in [3.8, 4) is 16.9 Å². The van der Waals surface area contributed by atoms with E-state index in [0.29, 0.717) is 12.1 Å². The summed E-state index contributed by atoms with van der Waals surface area (Å²) in [5.74, 6) is 0. The largest absolute Gasteiger partial charge is 0.247 e. The number of hydrogen-bond donors (Lipinski definition) is 0. The van der Waals surface area contributed by atoms with E-state index in [-0.39, 0.29) is 6.04 Å². The Morgan fingerprint density at radius 1 is 0.879 bits per heavy atom. The van der Waals surface area contributed by atoms with Crippen molar-refractivity contribution in [3.63, 3.8) is 0 Å². The molecule has 0 saturated heterocycles. The van der Waals surface area contributed by atoms with Gasteiger partial charge in [-0.15, -0.1) is 0 Å². The molecule has 0 amide bonds. The Bertz CT molecular complexity index is 1410. The van der Waals surface area contributed by atoms with Crippen molar-refractivity contribution in [3.05, 3.63) is 108 Å². The van der Waals surface area contributed by atoms with Crippen LogP contribution in [0.15, 0.2) is 96.2 Å². The summed E-state index contributed by atoms with van der Waals surface area (Å²) in [5, 5.41) is 9.47. The van der Waals surface area contributed by atoms with Crippen LogP contribution in [-0.2, 0) is 10.0 Å². The molecule has 6 nitrogen and oxygen atoms in total. The second-order valence-electron chi connectivity index (χ2n) is 8.25. The number of aromatic nitrogens is 2. The summed E-state index contributed by atoms with van der Waals surface area (Å²) in [5.41, 5.74) is 6.22. The molecular weight excluding hydrogens is 432 g/mol. The number of hydrogen-bond acceptors (Lipinski definition) is 4. The monoisotopic (exact) mass is 456 g/mol. The quantitative estimate of drug-likeness (QED) is 0.426. The summed E-state index contributed by atoms with van der Waals surface area (Å²) < 4.78 is 28.3. The zero-order chi connectivity index (χ0) is 23.0. The highest BCUT2D eigenvalue weighted by Crippen LogP contribution is 2.37. The first-order valence-corrected chi connectivity index (χ1v) is 12.6. The normalized spacial score (nSPS) is 16.1. The maximum absolute atomic E-state index is 12.6. The number of aryl methyl sites for hydroxylation is 1. The first-order valence-electron chi connectivity index (χ1n) is 10.7. The van der Waals surface area contributed by atoms with Crippen LogP contribution in [0.3, 0.4) is 0 Å². The summed E-state index contributed by atoms with van der Waals surface area (Å²) in [6.45, 7) is 2.01. The van der Waals surface area contributed by atoms with Gasteiger partial charge >= 0.3 is 0 Å². The molecule has 33 heavy (non-hydrogen) atoms. The smallest absolute Gasteiger partial charge is 0.240 e. The van der Waals surface area contributed by atoms with Gasteiger partial charge in [0.2, 0.25) is 10.0 Å². The maximum Gasteiger partial charge on any atom is 0.247 e. The van der Waals surface area contributed by atoms with Gasteiger partial charge in [-0.3, -0.25) is 0 Å². The predicted molar refractivity (Wildman–Crippen MR) is 131 cm³/mol. The van der Waals surface area contributed by atoms with Gasteiger partial charge in [0.25, 0.3) is 0 Å². The highest BCUT2D eigenvalue weighted by atomic mass is 32.2. The number of para-hydroxylation sites is 1. The van der Waals surface area contributed by atoms with E-state index in [1.165, 1.54) is 10.7 Å². The third kappa shape index (κ3) is 4.19. The maximum atomic E-state index is 12.6. The second kappa shape index (κ2) is 8.33. The average Bonchev–Trinajstić information content (AvgIpc) is 3.46. The molecule has 7 heteroatoms. The molecule has 0 N–H and O–H groups in total. The van der Waals surface area contributed by atoms with Crippen LogP contribution in [0.5, 0.6) is 0 Å². The van der Waals surface area contributed by atoms with E-state index in [1.807, 2.05) is 103 Å². The third-order valence-electron chi connectivity index (χ3n) is 5.77. The van der Waals surface area contributed by atoms with Gasteiger partial charge < -0.3 is 0 Å². The van der Waals surface area contributed by atoms with E-state index in [4.69, 9.17) is 5.10 Å². The minimum Gasteiger partial charge on any atom is -0.240 e. The summed E-state index contributed by atoms with van der Waals surface area (Å²) in [6.07, 6.45) is 3.61. The second-order valence-corrected chi connectivity index (χ2v) is 10.1. The first kappa shape index (κ1) is 21.2. The number of nitrogens with zero attached hydrogens (tertiary/aromatic N) is 4. The fraction of sp³-hybridized carbons (Fsp3) is 0.154. The summed E-state index contributed by atoms with van der Waals surface area (Å²) in [4.78, 5) is 0. The van der Waals surface area contributed by atoms with Crippen molar-refractivity contribution < 1.29 is 8.42 Å². The Labute approximate surface area is 193 Å². The van der Waals surface area contributed by atoms with Crippen molar-refractivity contribution in [2.24, 2.45) is 5.10 Å². The molecule has 2 heterocycles. The van der Waals surface area contributed by atoms with Crippen LogP contribution in [0.2, 0.25) is 0 Å². The SMILES string of the molecule is Cc1ccc(C2CC(c3cn(-c4ccccc4)nc3-c3ccccc3)=NN2S(C)(=O)=O)cc1. The van der Waals surface area contributed by atoms with Crippen molar-refractivity contribution in [2.75, 3.05) is 6.26 Å². The molecule has 1 aliphatic rings. The lowest BCUT2D eigenvalue weighted by Crippen LogP contribution is -2.25. The lowest BCUT2D eigenvalue weighted by molar-refractivity contribution is 0.375. The van der Waals surface area contributed by atoms with E-state index in [9.17, 15) is 8.42 Å². The average molecular weight is 457 g/mol. The van der Waals surface area contributed by atoms with E-state index in [1.54, 1.807) is 0 Å². The lowest BCUT2D eigenvalue weighted by Gasteiger charge is -2.21. The molecule has 1 aliphatic heterocycles. The van der Waals surface area contributed by atoms with Crippen molar-refractivity contribution in [1.82, 2.24) is 14.2 Å². The fourth-order valence-electron chi connectivity index (χ4n) is 4.10. The van der Waals surface area contributed by atoms with E-state index < -0.39 is 10.0 Å². The van der Waals surface area contributed by atoms with Gasteiger partial charge in [-0.2, -0.15) is 14.6 Å². The van der Waals surface area contributed by atoms with Crippen molar-refractivity contribution in [2.45, 2.75) is 19.4 Å². The Morgan fingerprint density at radius 3 is 2.15 bits per heavy atom. The molecule has 0 radical (unpaired) electrons. The van der Waals surface area contributed by atoms with Gasteiger partial charge in [-0.1, -0.05) is 78.4 Å². The molecule has 0 aliphatic carbocycles. The molecule has 1 aromatic heterocycles. The summed E-state index contributed by atoms with van der Waals surface area (Å²) in [6, 6.07) is 27.3. The highest BCUT2D eigenvalue weighted by Gasteiger charge is 2.36. The van der Waals surface area contributed by atoms with E-state index >= 15 is 0 Å². The predicted octanol–water partition coefficient (Wildman–Crippen LogP) is 4.96. The molecular formula is C26H24N4O2S. The fourth-order valence-corrected chi connectivity index (χ4v) is 5.01. The first-order chi connectivity index (χ1) is 15.9. The Hall–Kier alpha value is -3.71. The van der Waals surface area contributed by atoms with Gasteiger partial charge in [0.05, 0.1) is 23.7 Å². The van der Waals surface area contributed by atoms with Crippen LogP contribution in [0.4, 0.5) is 0 Å². The molecule has 166 valence electrons. The molecule has 0 spiro atoms. The van der Waals surface area contributed by atoms with Gasteiger partial charge in [-0.25, -0.2) is 13.1 Å². The van der Waals surface area contributed by atoms with Crippen LogP contribution in [-0.4, -0.2) is 34.6 Å². The highest BCUT2D eigenvalue weighted by molar-refractivity contribution is 7.88. The standard InChI is InChI=1S/C26H24N4O2S/c1-19-13-15-20(16-14-19)25-17-24(27-30(25)33(2,31)32)23-18-29(22-11-7-4-8-12-22)28-26(23)21-9-5-3-6-10-21/h3-16,18,25H,17H2,1-2H3. The number of benzene rings is 3. The van der Waals surface area contributed by atoms with Crippen LogP contribution in [0.1, 0.15) is 29.2 Å². The zero-order valence-corrected chi connectivity index (χ0v) is 19.3. The number of hydrazone groups is 1. The number of sulfonamides is 1. The summed E-state index contributed by atoms with van der Waals surface area (Å²) in [7, 11) is -3.56. The summed E-state index contributed by atoms with van der Waals surface area (Å²) >= 11 is 0. The number of rotatable bonds is 5. The Balaban J connectivity index is 1.63. The van der Waals surface area contributed by atoms with Gasteiger partial charge in [0, 0.05) is 23.7 Å². The van der Waals surface area contributed by atoms with Crippen molar-refractivity contribution >= 4 is 15.7 Å². The molecule has 4 aromatic rings. The van der Waals surface area contributed by atoms with Gasteiger partial charge in [0.15, 0.2) is 0 Å². The molecule has 0 saturated carbocycles. The Morgan fingerprint density at radius 2 is 1.52 bits per heavy atom. The molecule has 3 aromatic carbocycles. The van der Waals surface area contributed by atoms with Crippen molar-refractivity contribution in [1.29, 1.82) is 0 Å². The van der Waals surface area contributed by atoms with Crippen LogP contribution >= 0.6 is 0 Å². The lowest BCUT2D eigenvalue weighted by atomic mass is 9.97. The molecule has 1 atom stereocenters. The van der Waals surface area contributed by atoms with E-state index in [0.717, 1.165) is 33.6 Å². The van der Waals surface area contributed by atoms with Crippen LogP contribution in [0, 0.1) is 6.92 Å². The molecule has 0 bridgehead atoms. The van der Waals surface area contributed by atoms with Gasteiger partial charge in [-0.05, 0) is 24.6 Å². The minimum atomic E-state index is -3.56. The zero-order valence-electron chi connectivity index (χ0n) is 18.5. The molecule has 5 rings (SSSR count). The van der Waals surface area contributed by atoms with Crippen LogP contribution < -0.4 is 0 Å². The van der Waals surface area contributed by atoms with Gasteiger partial charge in [0.1, 0.15) is 5.69 Å². The minimum absolute atomic E-state index is 0.390. The van der Waals surface area contributed by atoms with Crippen LogP contribution in [0.25, 0.3) is 16.9 Å². The Kier molecular flexibility index (Phi) is 5.34.